The van der Waals surface area contributed by atoms with Gasteiger partial charge in [-0.05, 0) is 36.2 Å². The zero-order valence-corrected chi connectivity index (χ0v) is 15.3. The molecule has 0 spiro atoms. The quantitative estimate of drug-likeness (QED) is 0.590. The number of nitrogens with one attached hydrogen (secondary N) is 1. The van der Waals surface area contributed by atoms with Crippen molar-refractivity contribution in [1.29, 1.82) is 0 Å². The average Bonchev–Trinajstić information content (AvgIpc) is 3.30. The van der Waals surface area contributed by atoms with E-state index in [1.165, 1.54) is 16.3 Å². The molecule has 6 nitrogen and oxygen atoms in total. The predicted molar refractivity (Wildman–Crippen MR) is 106 cm³/mol. The van der Waals surface area contributed by atoms with Crippen molar-refractivity contribution in [2.75, 3.05) is 5.32 Å². The molecule has 4 rings (SSSR count). The lowest BCUT2D eigenvalue weighted by Crippen LogP contribution is -2.24. The first kappa shape index (κ1) is 17.0. The van der Waals surface area contributed by atoms with E-state index in [0.29, 0.717) is 12.4 Å². The monoisotopic (exact) mass is 359 g/mol. The first-order valence-corrected chi connectivity index (χ1v) is 8.93. The van der Waals surface area contributed by atoms with Crippen LogP contribution >= 0.6 is 0 Å². The highest BCUT2D eigenvalue weighted by atomic mass is 16.2. The van der Waals surface area contributed by atoms with E-state index in [9.17, 15) is 4.79 Å². The number of carbonyl (C=O) groups excluding carboxylic acids is 1. The molecule has 1 unspecified atom stereocenters. The molecule has 0 aliphatic heterocycles. The molecule has 0 bridgehead atoms. The second-order valence-electron chi connectivity index (χ2n) is 6.64. The van der Waals surface area contributed by atoms with Crippen LogP contribution in [0, 0.1) is 6.92 Å². The van der Waals surface area contributed by atoms with Gasteiger partial charge in [0.15, 0.2) is 5.82 Å². The number of amides is 1. The van der Waals surface area contributed by atoms with Gasteiger partial charge in [0.2, 0.25) is 5.91 Å². The van der Waals surface area contributed by atoms with Crippen molar-refractivity contribution in [2.45, 2.75) is 26.4 Å². The van der Waals surface area contributed by atoms with Crippen LogP contribution in [0.3, 0.4) is 0 Å². The van der Waals surface area contributed by atoms with Gasteiger partial charge in [0, 0.05) is 18.5 Å². The second-order valence-corrected chi connectivity index (χ2v) is 6.64. The molecular weight excluding hydrogens is 338 g/mol. The summed E-state index contributed by atoms with van der Waals surface area (Å²) in [4.78, 5) is 12.4. The Morgan fingerprint density at radius 2 is 1.85 bits per heavy atom. The number of nitrogens with zero attached hydrogens (tertiary/aromatic N) is 4. The highest BCUT2D eigenvalue weighted by Gasteiger charge is 2.16. The van der Waals surface area contributed by atoms with Gasteiger partial charge in [0.05, 0.1) is 12.2 Å². The minimum Gasteiger partial charge on any atom is -0.307 e. The van der Waals surface area contributed by atoms with Crippen LogP contribution in [0.2, 0.25) is 0 Å². The summed E-state index contributed by atoms with van der Waals surface area (Å²) in [5, 5.41) is 14.1. The molecule has 4 aromatic rings. The summed E-state index contributed by atoms with van der Waals surface area (Å²) in [6, 6.07) is 17.8. The summed E-state index contributed by atoms with van der Waals surface area (Å²) in [5.74, 6) is 0.393. The number of fused-ring (bicyclic) bond motifs is 1. The van der Waals surface area contributed by atoms with Crippen molar-refractivity contribution in [2.24, 2.45) is 0 Å². The van der Waals surface area contributed by atoms with Gasteiger partial charge >= 0.3 is 0 Å². The van der Waals surface area contributed by atoms with E-state index in [0.717, 1.165) is 5.69 Å². The SMILES string of the molecule is Cc1ccn(C(C)C(=O)Nc2ccn(Cc3cccc4ccccc34)n2)n1. The van der Waals surface area contributed by atoms with Gasteiger partial charge in [-0.1, -0.05) is 42.5 Å². The molecule has 1 N–H and O–H groups in total. The molecule has 2 aromatic heterocycles. The number of carbonyl (C=O) groups is 1. The minimum atomic E-state index is -0.401. The lowest BCUT2D eigenvalue weighted by Gasteiger charge is -2.11. The second kappa shape index (κ2) is 7.07. The first-order chi connectivity index (χ1) is 13.1. The number of aromatic nitrogens is 4. The van der Waals surface area contributed by atoms with Gasteiger partial charge in [-0.25, -0.2) is 0 Å². The standard InChI is InChI=1S/C21H21N5O/c1-15-10-13-26(23-15)16(2)21(27)22-20-11-12-25(24-20)14-18-8-5-7-17-6-3-4-9-19(17)18/h3-13,16H,14H2,1-2H3,(H,22,24,27). The van der Waals surface area contributed by atoms with Crippen molar-refractivity contribution < 1.29 is 4.79 Å². The van der Waals surface area contributed by atoms with Crippen LogP contribution in [0.5, 0.6) is 0 Å². The largest absolute Gasteiger partial charge is 0.307 e. The maximum Gasteiger partial charge on any atom is 0.250 e. The van der Waals surface area contributed by atoms with E-state index in [1.54, 1.807) is 10.9 Å². The summed E-state index contributed by atoms with van der Waals surface area (Å²) < 4.78 is 3.48. The normalized spacial score (nSPS) is 12.2. The molecule has 1 amide bonds. The molecule has 136 valence electrons. The van der Waals surface area contributed by atoms with Crippen LogP contribution in [0.1, 0.15) is 24.2 Å². The maximum atomic E-state index is 12.4. The van der Waals surface area contributed by atoms with Gasteiger partial charge in [0.1, 0.15) is 6.04 Å². The van der Waals surface area contributed by atoms with Gasteiger partial charge < -0.3 is 5.32 Å². The van der Waals surface area contributed by atoms with Crippen molar-refractivity contribution in [3.63, 3.8) is 0 Å². The molecular formula is C21H21N5O. The molecule has 0 fully saturated rings. The highest BCUT2D eigenvalue weighted by molar-refractivity contribution is 5.92. The predicted octanol–water partition coefficient (Wildman–Crippen LogP) is 3.79. The Morgan fingerprint density at radius 1 is 1.04 bits per heavy atom. The Labute approximate surface area is 157 Å². The van der Waals surface area contributed by atoms with Crippen LogP contribution in [-0.2, 0) is 11.3 Å². The van der Waals surface area contributed by atoms with E-state index in [2.05, 4.69) is 45.8 Å². The minimum absolute atomic E-state index is 0.145. The lowest BCUT2D eigenvalue weighted by molar-refractivity contribution is -0.119. The number of anilines is 1. The Morgan fingerprint density at radius 3 is 2.67 bits per heavy atom. The zero-order chi connectivity index (χ0) is 18.8. The average molecular weight is 359 g/mol. The number of benzene rings is 2. The third-order valence-corrected chi connectivity index (χ3v) is 4.62. The summed E-state index contributed by atoms with van der Waals surface area (Å²) in [6.45, 7) is 4.36. The third kappa shape index (κ3) is 3.60. The molecule has 27 heavy (non-hydrogen) atoms. The topological polar surface area (TPSA) is 64.7 Å². The third-order valence-electron chi connectivity index (χ3n) is 4.62. The molecule has 0 radical (unpaired) electrons. The van der Waals surface area contributed by atoms with Gasteiger partial charge in [-0.3, -0.25) is 14.2 Å². The molecule has 0 saturated heterocycles. The first-order valence-electron chi connectivity index (χ1n) is 8.93. The van der Waals surface area contributed by atoms with E-state index >= 15 is 0 Å². The van der Waals surface area contributed by atoms with Crippen LogP contribution in [0.25, 0.3) is 10.8 Å². The van der Waals surface area contributed by atoms with Crippen LogP contribution in [0.4, 0.5) is 5.82 Å². The smallest absolute Gasteiger partial charge is 0.250 e. The molecule has 0 saturated carbocycles. The Balaban J connectivity index is 1.48. The van der Waals surface area contributed by atoms with Crippen LogP contribution in [0.15, 0.2) is 67.0 Å². The Hall–Kier alpha value is -3.41. The van der Waals surface area contributed by atoms with E-state index in [-0.39, 0.29) is 5.91 Å². The van der Waals surface area contributed by atoms with Gasteiger partial charge in [-0.15, -0.1) is 0 Å². The maximum absolute atomic E-state index is 12.4. The molecule has 2 heterocycles. The summed E-state index contributed by atoms with van der Waals surface area (Å²) >= 11 is 0. The number of aryl methyl sites for hydroxylation is 1. The van der Waals surface area contributed by atoms with Crippen molar-refractivity contribution in [3.05, 3.63) is 78.2 Å². The number of hydrogen-bond donors (Lipinski definition) is 1. The molecule has 2 aromatic carbocycles. The number of hydrogen-bond acceptors (Lipinski definition) is 3. The fourth-order valence-electron chi connectivity index (χ4n) is 3.12. The van der Waals surface area contributed by atoms with Crippen molar-refractivity contribution in [1.82, 2.24) is 19.6 Å². The molecule has 0 aliphatic carbocycles. The fourth-order valence-corrected chi connectivity index (χ4v) is 3.12. The summed E-state index contributed by atoms with van der Waals surface area (Å²) in [7, 11) is 0. The van der Waals surface area contributed by atoms with Crippen molar-refractivity contribution in [3.8, 4) is 0 Å². The summed E-state index contributed by atoms with van der Waals surface area (Å²) in [6.07, 6.45) is 3.68. The van der Waals surface area contributed by atoms with E-state index in [1.807, 2.05) is 49.0 Å². The molecule has 0 aliphatic rings. The van der Waals surface area contributed by atoms with E-state index < -0.39 is 6.04 Å². The molecule has 1 atom stereocenters. The fraction of sp³-hybridized carbons (Fsp3) is 0.190. The number of rotatable bonds is 5. The van der Waals surface area contributed by atoms with E-state index in [4.69, 9.17) is 0 Å². The zero-order valence-electron chi connectivity index (χ0n) is 15.3. The van der Waals surface area contributed by atoms with Gasteiger partial charge in [-0.2, -0.15) is 10.2 Å². The molecule has 6 heteroatoms. The highest BCUT2D eigenvalue weighted by Crippen LogP contribution is 2.19. The summed E-state index contributed by atoms with van der Waals surface area (Å²) in [5.41, 5.74) is 2.07. The van der Waals surface area contributed by atoms with Gasteiger partial charge in [0.25, 0.3) is 0 Å². The Bertz CT molecular complexity index is 1090. The van der Waals surface area contributed by atoms with Crippen LogP contribution < -0.4 is 5.32 Å². The van der Waals surface area contributed by atoms with Crippen LogP contribution in [-0.4, -0.2) is 25.5 Å². The lowest BCUT2D eigenvalue weighted by atomic mass is 10.0. The van der Waals surface area contributed by atoms with Crippen molar-refractivity contribution >= 4 is 22.5 Å². The Kier molecular flexibility index (Phi) is 4.46.